The van der Waals surface area contributed by atoms with Crippen molar-refractivity contribution in [3.8, 4) is 0 Å². The van der Waals surface area contributed by atoms with Gasteiger partial charge in [-0.1, -0.05) is 6.42 Å². The minimum absolute atomic E-state index is 0.257. The summed E-state index contributed by atoms with van der Waals surface area (Å²) in [6.45, 7) is 0.943. The Kier molecular flexibility index (Phi) is 3.06. The van der Waals surface area contributed by atoms with E-state index in [1.807, 2.05) is 0 Å². The molecule has 2 aliphatic rings. The Morgan fingerprint density at radius 2 is 2.06 bits per heavy atom. The van der Waals surface area contributed by atoms with Crippen LogP contribution in [0.25, 0.3) is 0 Å². The lowest BCUT2D eigenvalue weighted by atomic mass is 9.91. The molecule has 96 valence electrons. The normalized spacial score (nSPS) is 27.1. The molecule has 1 aromatic carbocycles. The summed E-state index contributed by atoms with van der Waals surface area (Å²) in [5.41, 5.74) is 1.09. The van der Waals surface area contributed by atoms with Crippen molar-refractivity contribution >= 4 is 12.0 Å². The van der Waals surface area contributed by atoms with Crippen molar-refractivity contribution in [2.75, 3.05) is 11.4 Å². The summed E-state index contributed by atoms with van der Waals surface area (Å²) in [4.78, 5) is 12.9. The number of hydrogen-bond donors (Lipinski definition) is 0. The standard InChI is InChI=1S/C15H18FNO/c16-13-9-11(10-18)6-7-15(13)17-8-2-4-12-3-1-5-14(12)17/h6-7,9-10,12,14H,1-5,8H2. The van der Waals surface area contributed by atoms with Crippen LogP contribution in [0.4, 0.5) is 10.1 Å². The number of carbonyl (C=O) groups excluding carboxylic acids is 1. The van der Waals surface area contributed by atoms with E-state index >= 15 is 0 Å². The summed E-state index contributed by atoms with van der Waals surface area (Å²) < 4.78 is 14.1. The smallest absolute Gasteiger partial charge is 0.150 e. The van der Waals surface area contributed by atoms with E-state index in [0.29, 0.717) is 23.6 Å². The molecule has 1 aliphatic heterocycles. The molecule has 0 bridgehead atoms. The highest BCUT2D eigenvalue weighted by Gasteiger charge is 2.35. The molecule has 1 aromatic rings. The van der Waals surface area contributed by atoms with Gasteiger partial charge in [0.2, 0.25) is 0 Å². The molecule has 3 rings (SSSR count). The van der Waals surface area contributed by atoms with Gasteiger partial charge in [-0.2, -0.15) is 0 Å². The van der Waals surface area contributed by atoms with E-state index in [1.54, 1.807) is 12.1 Å². The van der Waals surface area contributed by atoms with Crippen molar-refractivity contribution in [2.45, 2.75) is 38.1 Å². The molecule has 2 fully saturated rings. The number of aldehydes is 1. The first kappa shape index (κ1) is 11.7. The molecule has 3 heteroatoms. The lowest BCUT2D eigenvalue weighted by Crippen LogP contribution is -2.43. The molecule has 1 saturated heterocycles. The van der Waals surface area contributed by atoms with Gasteiger partial charge in [0, 0.05) is 18.2 Å². The Labute approximate surface area is 107 Å². The van der Waals surface area contributed by atoms with Gasteiger partial charge in [0.05, 0.1) is 5.69 Å². The van der Waals surface area contributed by atoms with Crippen molar-refractivity contribution in [3.05, 3.63) is 29.6 Å². The highest BCUT2D eigenvalue weighted by atomic mass is 19.1. The van der Waals surface area contributed by atoms with Crippen molar-refractivity contribution in [1.82, 2.24) is 0 Å². The molecular weight excluding hydrogens is 229 g/mol. The number of fused-ring (bicyclic) bond motifs is 1. The number of anilines is 1. The van der Waals surface area contributed by atoms with Crippen LogP contribution in [-0.2, 0) is 0 Å². The van der Waals surface area contributed by atoms with Gasteiger partial charge in [-0.15, -0.1) is 0 Å². The van der Waals surface area contributed by atoms with Crippen molar-refractivity contribution in [2.24, 2.45) is 5.92 Å². The number of rotatable bonds is 2. The quantitative estimate of drug-likeness (QED) is 0.746. The van der Waals surface area contributed by atoms with Crippen LogP contribution in [-0.4, -0.2) is 18.9 Å². The maximum absolute atomic E-state index is 14.1. The predicted octanol–water partition coefficient (Wildman–Crippen LogP) is 3.41. The number of halogens is 1. The van der Waals surface area contributed by atoms with E-state index < -0.39 is 0 Å². The first-order valence-corrected chi connectivity index (χ1v) is 6.81. The monoisotopic (exact) mass is 247 g/mol. The maximum Gasteiger partial charge on any atom is 0.150 e. The van der Waals surface area contributed by atoms with Crippen LogP contribution in [0.15, 0.2) is 18.2 Å². The van der Waals surface area contributed by atoms with Crippen LogP contribution in [0, 0.1) is 11.7 Å². The fraction of sp³-hybridized carbons (Fsp3) is 0.533. The minimum atomic E-state index is -0.257. The summed E-state index contributed by atoms with van der Waals surface area (Å²) in [5.74, 6) is 0.482. The molecule has 2 nitrogen and oxygen atoms in total. The van der Waals surface area contributed by atoms with E-state index in [1.165, 1.54) is 31.7 Å². The zero-order valence-corrected chi connectivity index (χ0v) is 10.4. The molecule has 0 spiro atoms. The Balaban J connectivity index is 1.91. The second-order valence-corrected chi connectivity index (χ2v) is 5.42. The topological polar surface area (TPSA) is 20.3 Å². The summed E-state index contributed by atoms with van der Waals surface area (Å²) in [6, 6.07) is 5.33. The lowest BCUT2D eigenvalue weighted by molar-refractivity contribution is 0.112. The Morgan fingerprint density at radius 1 is 1.22 bits per heavy atom. The molecule has 2 unspecified atom stereocenters. The Morgan fingerprint density at radius 3 is 2.83 bits per heavy atom. The average Bonchev–Trinajstić information content (AvgIpc) is 2.87. The third kappa shape index (κ3) is 1.92. The fourth-order valence-electron chi connectivity index (χ4n) is 3.58. The molecule has 18 heavy (non-hydrogen) atoms. The average molecular weight is 247 g/mol. The molecule has 0 N–H and O–H groups in total. The van der Waals surface area contributed by atoms with Gasteiger partial charge >= 0.3 is 0 Å². The highest BCUT2D eigenvalue weighted by Crippen LogP contribution is 2.39. The van der Waals surface area contributed by atoms with Crippen molar-refractivity contribution < 1.29 is 9.18 Å². The third-order valence-electron chi connectivity index (χ3n) is 4.41. The Bertz CT molecular complexity index is 460. The second-order valence-electron chi connectivity index (χ2n) is 5.42. The molecule has 1 heterocycles. The predicted molar refractivity (Wildman–Crippen MR) is 69.5 cm³/mol. The number of carbonyl (C=O) groups is 1. The Hall–Kier alpha value is -1.38. The van der Waals surface area contributed by atoms with Gasteiger partial charge in [0.1, 0.15) is 12.1 Å². The van der Waals surface area contributed by atoms with Gasteiger partial charge in [-0.25, -0.2) is 4.39 Å². The zero-order valence-electron chi connectivity index (χ0n) is 10.4. The van der Waals surface area contributed by atoms with E-state index in [0.717, 1.165) is 18.9 Å². The summed E-state index contributed by atoms with van der Waals surface area (Å²) in [5, 5.41) is 0. The first-order chi connectivity index (χ1) is 8.79. The summed E-state index contributed by atoms with van der Waals surface area (Å²) in [7, 11) is 0. The van der Waals surface area contributed by atoms with Gasteiger partial charge < -0.3 is 4.90 Å². The van der Waals surface area contributed by atoms with Gasteiger partial charge in [0.15, 0.2) is 0 Å². The molecule has 1 aliphatic carbocycles. The first-order valence-electron chi connectivity index (χ1n) is 6.81. The molecule has 1 saturated carbocycles. The number of piperidine rings is 1. The highest BCUT2D eigenvalue weighted by molar-refractivity contribution is 5.76. The lowest BCUT2D eigenvalue weighted by Gasteiger charge is -2.39. The second kappa shape index (κ2) is 4.71. The molecule has 2 atom stereocenters. The SMILES string of the molecule is O=Cc1ccc(N2CCCC3CCCC32)c(F)c1. The number of hydrogen-bond acceptors (Lipinski definition) is 2. The molecule has 0 radical (unpaired) electrons. The van der Waals surface area contributed by atoms with Crippen LogP contribution < -0.4 is 4.90 Å². The molecular formula is C15H18FNO. The summed E-state index contributed by atoms with van der Waals surface area (Å²) in [6.07, 6.45) is 6.86. The van der Waals surface area contributed by atoms with Crippen LogP contribution in [0.3, 0.4) is 0 Å². The van der Waals surface area contributed by atoms with E-state index in [-0.39, 0.29) is 5.82 Å². The molecule has 0 aromatic heterocycles. The van der Waals surface area contributed by atoms with Crippen molar-refractivity contribution in [3.63, 3.8) is 0 Å². The van der Waals surface area contributed by atoms with Gasteiger partial charge in [-0.3, -0.25) is 4.79 Å². The van der Waals surface area contributed by atoms with Crippen LogP contribution in [0.2, 0.25) is 0 Å². The molecule has 0 amide bonds. The van der Waals surface area contributed by atoms with E-state index in [2.05, 4.69) is 4.90 Å². The van der Waals surface area contributed by atoms with Crippen LogP contribution in [0.5, 0.6) is 0 Å². The number of nitrogens with zero attached hydrogens (tertiary/aromatic N) is 1. The van der Waals surface area contributed by atoms with Gasteiger partial charge in [0.25, 0.3) is 0 Å². The zero-order chi connectivity index (χ0) is 12.5. The minimum Gasteiger partial charge on any atom is -0.366 e. The fourth-order valence-corrected chi connectivity index (χ4v) is 3.58. The largest absolute Gasteiger partial charge is 0.366 e. The van der Waals surface area contributed by atoms with Gasteiger partial charge in [-0.05, 0) is 49.8 Å². The number of benzene rings is 1. The summed E-state index contributed by atoms with van der Waals surface area (Å²) >= 11 is 0. The van der Waals surface area contributed by atoms with Crippen LogP contribution >= 0.6 is 0 Å². The maximum atomic E-state index is 14.1. The van der Waals surface area contributed by atoms with Crippen LogP contribution in [0.1, 0.15) is 42.5 Å². The van der Waals surface area contributed by atoms with Crippen molar-refractivity contribution in [1.29, 1.82) is 0 Å². The van der Waals surface area contributed by atoms with E-state index in [4.69, 9.17) is 0 Å². The van der Waals surface area contributed by atoms with E-state index in [9.17, 15) is 9.18 Å². The third-order valence-corrected chi connectivity index (χ3v) is 4.41.